The Morgan fingerprint density at radius 2 is 1.31 bits per heavy atom. The number of benzene rings is 6. The second-order valence-electron chi connectivity index (χ2n) is 16.5. The zero-order chi connectivity index (χ0) is 46.6. The van der Waals surface area contributed by atoms with Crippen molar-refractivity contribution in [3.8, 4) is 22.3 Å². The summed E-state index contributed by atoms with van der Waals surface area (Å²) in [6.45, 7) is 36.1. The molecule has 1 heterocycles. The van der Waals surface area contributed by atoms with Crippen LogP contribution < -0.4 is 4.90 Å². The van der Waals surface area contributed by atoms with Crippen molar-refractivity contribution in [3.63, 3.8) is 0 Å². The van der Waals surface area contributed by atoms with Gasteiger partial charge in [0.2, 0.25) is 0 Å². The second kappa shape index (κ2) is 21.9. The molecule has 7 aromatic rings. The Bertz CT molecular complexity index is 2850. The van der Waals surface area contributed by atoms with Crippen molar-refractivity contribution in [2.75, 3.05) is 4.90 Å². The summed E-state index contributed by atoms with van der Waals surface area (Å²) < 4.78 is 2.27. The van der Waals surface area contributed by atoms with Crippen LogP contribution in [-0.4, -0.2) is 4.57 Å². The van der Waals surface area contributed by atoms with Crippen LogP contribution in [0, 0.1) is 13.8 Å². The molecule has 1 aliphatic rings. The third-order valence-electron chi connectivity index (χ3n) is 11.9. The van der Waals surface area contributed by atoms with E-state index in [1.165, 1.54) is 66.4 Å². The molecule has 1 aliphatic carbocycles. The first kappa shape index (κ1) is 48.1. The first-order valence-electron chi connectivity index (χ1n) is 22.7. The lowest BCUT2D eigenvalue weighted by atomic mass is 9.80. The molecule has 0 N–H and O–H groups in total. The molecular formula is C62H68N2. The van der Waals surface area contributed by atoms with Crippen molar-refractivity contribution in [3.05, 3.63) is 229 Å². The molecule has 2 heteroatoms. The number of anilines is 2. The van der Waals surface area contributed by atoms with Gasteiger partial charge in [0.15, 0.2) is 0 Å². The number of rotatable bonds is 10. The van der Waals surface area contributed by atoms with Gasteiger partial charge in [-0.2, -0.15) is 0 Å². The zero-order valence-corrected chi connectivity index (χ0v) is 40.1. The van der Waals surface area contributed by atoms with Gasteiger partial charge in [-0.25, -0.2) is 0 Å². The summed E-state index contributed by atoms with van der Waals surface area (Å²) >= 11 is 0. The summed E-state index contributed by atoms with van der Waals surface area (Å²) in [5, 5.41) is 2.47. The maximum Gasteiger partial charge on any atom is 0.0543 e. The number of hydrogen-bond acceptors (Lipinski definition) is 1. The molecule has 0 radical (unpaired) electrons. The van der Waals surface area contributed by atoms with E-state index in [1.807, 2.05) is 69.4 Å². The Labute approximate surface area is 385 Å². The molecule has 8 rings (SSSR count). The van der Waals surface area contributed by atoms with Crippen LogP contribution in [0.3, 0.4) is 0 Å². The number of aryl methyl sites for hydroxylation is 3. The minimum absolute atomic E-state index is 0.250. The van der Waals surface area contributed by atoms with Crippen LogP contribution in [0.25, 0.3) is 56.2 Å². The smallest absolute Gasteiger partial charge is 0.0543 e. The van der Waals surface area contributed by atoms with Crippen LogP contribution in [0.1, 0.15) is 88.3 Å². The van der Waals surface area contributed by atoms with Gasteiger partial charge in [0.05, 0.1) is 11.2 Å². The van der Waals surface area contributed by atoms with Crippen LogP contribution in [0.15, 0.2) is 195 Å². The van der Waals surface area contributed by atoms with Gasteiger partial charge in [0, 0.05) is 45.7 Å². The fraction of sp³-hybridized carbons (Fsp3) is 0.194. The molecule has 0 saturated heterocycles. The summed E-state index contributed by atoms with van der Waals surface area (Å²) in [5.41, 5.74) is 18.7. The van der Waals surface area contributed by atoms with Gasteiger partial charge >= 0.3 is 0 Å². The van der Waals surface area contributed by atoms with Crippen LogP contribution in [-0.2, 0) is 12.5 Å². The van der Waals surface area contributed by atoms with Crippen molar-refractivity contribution in [2.24, 2.45) is 7.05 Å². The van der Waals surface area contributed by atoms with Gasteiger partial charge in [0.25, 0.3) is 0 Å². The van der Waals surface area contributed by atoms with Gasteiger partial charge in [-0.1, -0.05) is 205 Å². The van der Waals surface area contributed by atoms with E-state index < -0.39 is 0 Å². The molecule has 0 spiro atoms. The van der Waals surface area contributed by atoms with Gasteiger partial charge in [-0.05, 0) is 116 Å². The summed E-state index contributed by atoms with van der Waals surface area (Å²) in [6, 6.07) is 43.6. The highest BCUT2D eigenvalue weighted by Gasteiger charge is 2.39. The lowest BCUT2D eigenvalue weighted by Gasteiger charge is -2.31. The Hall–Kier alpha value is -6.90. The molecule has 6 aromatic carbocycles. The molecule has 0 aliphatic heterocycles. The summed E-state index contributed by atoms with van der Waals surface area (Å²) in [4.78, 5) is 2.28. The van der Waals surface area contributed by atoms with E-state index in [0.717, 1.165) is 40.1 Å². The SMILES string of the molecule is C/C=C\C(C)=C/CC.C=C/C=C(\C=C)N(c1ccc2c3ccccc3n(C)c2c1)c1cc2c(c(C=C)c1C=C)-c1ccc(-c3ccc(C)cc3)cc1C2(C)C.CC.Cc1ccccc1. The lowest BCUT2D eigenvalue weighted by molar-refractivity contribution is 0.660. The van der Waals surface area contributed by atoms with E-state index in [4.69, 9.17) is 0 Å². The van der Waals surface area contributed by atoms with Crippen molar-refractivity contribution in [2.45, 2.75) is 74.1 Å². The standard InChI is InChI=1S/C45H40N2.C8H14.C7H8.C2H6/c1-9-15-32(10-2)47(33-23-25-37-36-16-13-14-17-41(36)46(8)42(37)27-33)43-28-40-44(35(12-4)34(43)11-3)38-24-22-31(26-39(38)45(40,6)7)30-20-18-29(5)19-21-30;1-4-6-8(3)7-5-2;1-7-5-3-2-4-6-7;1-2/h9-28H,1-4H2,5-8H3;4,6-7H,5H2,1-3H3;2-6H,1H3;1-2H3/b32-15+;6-4-,8-7-;;. The third-order valence-corrected chi connectivity index (χ3v) is 11.9. The van der Waals surface area contributed by atoms with Crippen LogP contribution in [0.2, 0.25) is 0 Å². The molecule has 64 heavy (non-hydrogen) atoms. The number of nitrogens with zero attached hydrogens (tertiary/aromatic N) is 2. The maximum absolute atomic E-state index is 4.34. The van der Waals surface area contributed by atoms with Gasteiger partial charge < -0.3 is 9.47 Å². The summed E-state index contributed by atoms with van der Waals surface area (Å²) in [7, 11) is 2.14. The summed E-state index contributed by atoms with van der Waals surface area (Å²) in [6.07, 6.45) is 17.2. The summed E-state index contributed by atoms with van der Waals surface area (Å²) in [5.74, 6) is 0. The van der Waals surface area contributed by atoms with E-state index in [9.17, 15) is 0 Å². The Morgan fingerprint density at radius 1 is 0.688 bits per heavy atom. The lowest BCUT2D eigenvalue weighted by Crippen LogP contribution is -2.20. The van der Waals surface area contributed by atoms with Gasteiger partial charge in [-0.3, -0.25) is 0 Å². The Kier molecular flexibility index (Phi) is 16.5. The minimum atomic E-state index is -0.250. The fourth-order valence-electron chi connectivity index (χ4n) is 8.71. The normalized spacial score (nSPS) is 12.5. The molecule has 0 amide bonds. The molecule has 0 fully saturated rings. The Balaban J connectivity index is 0.000000383. The van der Waals surface area contributed by atoms with Crippen LogP contribution in [0.4, 0.5) is 11.4 Å². The third kappa shape index (κ3) is 9.98. The molecule has 0 bridgehead atoms. The highest BCUT2D eigenvalue weighted by atomic mass is 15.2. The van der Waals surface area contributed by atoms with E-state index in [1.54, 1.807) is 0 Å². The van der Waals surface area contributed by atoms with E-state index in [0.29, 0.717) is 0 Å². The van der Waals surface area contributed by atoms with Crippen molar-refractivity contribution in [1.82, 2.24) is 4.57 Å². The monoisotopic (exact) mass is 841 g/mol. The molecule has 1 aromatic heterocycles. The fourth-order valence-corrected chi connectivity index (χ4v) is 8.71. The number of aromatic nitrogens is 1. The first-order valence-corrected chi connectivity index (χ1v) is 22.7. The van der Waals surface area contributed by atoms with Crippen molar-refractivity contribution >= 4 is 45.3 Å². The topological polar surface area (TPSA) is 8.17 Å². The van der Waals surface area contributed by atoms with Crippen LogP contribution >= 0.6 is 0 Å². The number of para-hydroxylation sites is 1. The predicted molar refractivity (Wildman–Crippen MR) is 287 cm³/mol. The average Bonchev–Trinajstić information content (AvgIpc) is 3.72. The highest BCUT2D eigenvalue weighted by molar-refractivity contribution is 6.09. The molecule has 2 nitrogen and oxygen atoms in total. The largest absolute Gasteiger partial charge is 0.344 e. The predicted octanol–water partition coefficient (Wildman–Crippen LogP) is 18.2. The van der Waals surface area contributed by atoms with Gasteiger partial charge in [0.1, 0.15) is 0 Å². The zero-order valence-electron chi connectivity index (χ0n) is 40.1. The van der Waals surface area contributed by atoms with E-state index in [2.05, 4.69) is 206 Å². The second-order valence-corrected chi connectivity index (χ2v) is 16.5. The number of allylic oxidation sites excluding steroid dienone is 7. The highest BCUT2D eigenvalue weighted by Crippen LogP contribution is 2.54. The number of fused-ring (bicyclic) bond motifs is 6. The average molecular weight is 841 g/mol. The quantitative estimate of drug-likeness (QED) is 0.125. The molecule has 326 valence electrons. The molecular weight excluding hydrogens is 773 g/mol. The van der Waals surface area contributed by atoms with Crippen molar-refractivity contribution < 1.29 is 0 Å². The van der Waals surface area contributed by atoms with E-state index >= 15 is 0 Å². The van der Waals surface area contributed by atoms with Crippen molar-refractivity contribution in [1.29, 1.82) is 0 Å². The molecule has 0 unspecified atom stereocenters. The maximum atomic E-state index is 4.34. The first-order chi connectivity index (χ1) is 30.9. The Morgan fingerprint density at radius 3 is 1.91 bits per heavy atom. The molecule has 0 saturated carbocycles. The number of hydrogen-bond donors (Lipinski definition) is 0. The van der Waals surface area contributed by atoms with E-state index in [-0.39, 0.29) is 5.41 Å². The van der Waals surface area contributed by atoms with Gasteiger partial charge in [-0.15, -0.1) is 0 Å². The van der Waals surface area contributed by atoms with Crippen LogP contribution in [0.5, 0.6) is 0 Å². The molecule has 0 atom stereocenters. The minimum Gasteiger partial charge on any atom is -0.344 e.